The molecule has 12 heteroatoms. The first kappa shape index (κ1) is 23.9. The molecule has 0 radical (unpaired) electrons. The summed E-state index contributed by atoms with van der Waals surface area (Å²) in [5, 5.41) is 25.7. The molecule has 0 saturated carbocycles. The smallest absolute Gasteiger partial charge is 0.276 e. The molecule has 6 N–H and O–H groups in total. The summed E-state index contributed by atoms with van der Waals surface area (Å²) in [5.74, 6) is -2.49. The Bertz CT molecular complexity index is 1160. The highest BCUT2D eigenvalue weighted by Gasteiger charge is 2.22. The van der Waals surface area contributed by atoms with Crippen LogP contribution in [-0.4, -0.2) is 57.2 Å². The first-order chi connectivity index (χ1) is 15.8. The van der Waals surface area contributed by atoms with Crippen molar-refractivity contribution >= 4 is 40.7 Å². The number of halogens is 2. The third-order valence-corrected chi connectivity index (χ3v) is 4.75. The van der Waals surface area contributed by atoms with E-state index in [9.17, 15) is 18.8 Å². The molecule has 0 fully saturated rings. The molecule has 3 rings (SSSR count). The first-order valence-electron chi connectivity index (χ1n) is 9.56. The van der Waals surface area contributed by atoms with Crippen LogP contribution in [0.5, 0.6) is 0 Å². The number of nitrogens with one attached hydrogen (secondary N) is 4. The fourth-order valence-electron chi connectivity index (χ4n) is 2.75. The van der Waals surface area contributed by atoms with E-state index in [1.54, 1.807) is 0 Å². The lowest BCUT2D eigenvalue weighted by Crippen LogP contribution is -2.40. The van der Waals surface area contributed by atoms with Gasteiger partial charge in [0.2, 0.25) is 0 Å². The van der Waals surface area contributed by atoms with E-state index in [1.807, 2.05) is 0 Å². The van der Waals surface area contributed by atoms with Crippen molar-refractivity contribution < 1.29 is 29.0 Å². The van der Waals surface area contributed by atoms with Crippen LogP contribution >= 0.6 is 11.6 Å². The summed E-state index contributed by atoms with van der Waals surface area (Å²) in [4.78, 5) is 43.5. The van der Waals surface area contributed by atoms with E-state index in [2.05, 4.69) is 25.9 Å². The molecule has 0 atom stereocenters. The number of hydrogen-bond donors (Lipinski definition) is 6. The summed E-state index contributed by atoms with van der Waals surface area (Å²) in [6.45, 7) is -0.956. The van der Waals surface area contributed by atoms with E-state index >= 15 is 0 Å². The number of amides is 3. The number of aromatic amines is 1. The average Bonchev–Trinajstić information content (AvgIpc) is 3.29. The molecule has 0 aliphatic rings. The number of aliphatic hydroxyl groups is 2. The first-order valence-corrected chi connectivity index (χ1v) is 9.94. The van der Waals surface area contributed by atoms with Gasteiger partial charge in [0.25, 0.3) is 17.7 Å². The van der Waals surface area contributed by atoms with E-state index in [1.165, 1.54) is 30.3 Å². The zero-order valence-electron chi connectivity index (χ0n) is 16.9. The molecule has 0 spiro atoms. The summed E-state index contributed by atoms with van der Waals surface area (Å²) < 4.78 is 13.1. The predicted molar refractivity (Wildman–Crippen MR) is 118 cm³/mol. The predicted octanol–water partition coefficient (Wildman–Crippen LogP) is 1.79. The van der Waals surface area contributed by atoms with E-state index < -0.39 is 42.8 Å². The highest BCUT2D eigenvalue weighted by molar-refractivity contribution is 6.34. The third kappa shape index (κ3) is 5.92. The number of aromatic nitrogens is 2. The number of rotatable bonds is 8. The molecule has 3 aromatic rings. The van der Waals surface area contributed by atoms with Gasteiger partial charge in [-0.15, -0.1) is 0 Å². The molecule has 1 aromatic heterocycles. The van der Waals surface area contributed by atoms with Crippen molar-refractivity contribution in [2.45, 2.75) is 6.04 Å². The number of carbonyl (C=O) groups is 3. The molecule has 0 saturated heterocycles. The van der Waals surface area contributed by atoms with Gasteiger partial charge in [-0.2, -0.15) is 0 Å². The Kier molecular flexibility index (Phi) is 7.72. The van der Waals surface area contributed by atoms with Gasteiger partial charge in [0.1, 0.15) is 11.5 Å². The molecule has 1 heterocycles. The van der Waals surface area contributed by atoms with Gasteiger partial charge < -0.3 is 31.1 Å². The van der Waals surface area contributed by atoms with Crippen molar-refractivity contribution in [3.8, 4) is 0 Å². The lowest BCUT2D eigenvalue weighted by atomic mass is 10.2. The summed E-state index contributed by atoms with van der Waals surface area (Å²) in [6, 6.07) is 8.61. The Labute approximate surface area is 191 Å². The molecule has 2 aromatic carbocycles. The molecule has 172 valence electrons. The van der Waals surface area contributed by atoms with Crippen molar-refractivity contribution in [2.24, 2.45) is 0 Å². The zero-order chi connectivity index (χ0) is 24.0. The van der Waals surface area contributed by atoms with Crippen molar-refractivity contribution in [1.82, 2.24) is 15.3 Å². The van der Waals surface area contributed by atoms with Gasteiger partial charge in [-0.3, -0.25) is 14.4 Å². The second-order valence-corrected chi connectivity index (χ2v) is 7.18. The number of H-pyrrole nitrogens is 1. The Hall–Kier alpha value is -3.80. The minimum atomic E-state index is -0.885. The number of anilines is 2. The zero-order valence-corrected chi connectivity index (χ0v) is 17.7. The normalized spacial score (nSPS) is 10.7. The maximum Gasteiger partial charge on any atom is 0.276 e. The number of imidazole rings is 1. The van der Waals surface area contributed by atoms with E-state index in [0.717, 1.165) is 18.5 Å². The largest absolute Gasteiger partial charge is 0.394 e. The lowest BCUT2D eigenvalue weighted by Gasteiger charge is -2.13. The van der Waals surface area contributed by atoms with E-state index in [-0.39, 0.29) is 22.0 Å². The molecule has 33 heavy (non-hydrogen) atoms. The second kappa shape index (κ2) is 10.7. The quantitative estimate of drug-likeness (QED) is 0.291. The van der Waals surface area contributed by atoms with Gasteiger partial charge in [-0.25, -0.2) is 9.37 Å². The Morgan fingerprint density at radius 1 is 0.970 bits per heavy atom. The van der Waals surface area contributed by atoms with E-state index in [4.69, 9.17) is 21.8 Å². The van der Waals surface area contributed by atoms with E-state index in [0.29, 0.717) is 11.4 Å². The Morgan fingerprint density at radius 2 is 1.58 bits per heavy atom. The summed E-state index contributed by atoms with van der Waals surface area (Å²) in [5.41, 5.74) is 0.530. The molecule has 0 aliphatic heterocycles. The highest BCUT2D eigenvalue weighted by Crippen LogP contribution is 2.20. The second-order valence-electron chi connectivity index (χ2n) is 6.77. The van der Waals surface area contributed by atoms with Gasteiger partial charge in [0, 0.05) is 11.4 Å². The fraction of sp³-hybridized carbons (Fsp3) is 0.143. The SMILES string of the molecule is O=C(Nc1ccc(NC(=O)c2nc[nH]c2C(=O)NC(CO)CO)cc1)c1ccc(F)cc1Cl. The van der Waals surface area contributed by atoms with Crippen LogP contribution in [-0.2, 0) is 0 Å². The third-order valence-electron chi connectivity index (χ3n) is 4.43. The van der Waals surface area contributed by atoms with Crippen LogP contribution in [0.2, 0.25) is 5.02 Å². The molecule has 0 unspecified atom stereocenters. The van der Waals surface area contributed by atoms with Crippen molar-refractivity contribution in [3.05, 3.63) is 76.6 Å². The van der Waals surface area contributed by atoms with Gasteiger partial charge in [0.05, 0.1) is 36.2 Å². The standard InChI is InChI=1S/C21H19ClFN5O5/c22-16-7-11(23)1-6-15(16)19(31)26-12-2-4-13(5-3-12)27-20(32)17-18(25-10-24-17)21(33)28-14(8-29)9-30/h1-7,10,14,29-30H,8-9H2,(H,24,25)(H,26,31)(H,27,32)(H,28,33). The minimum Gasteiger partial charge on any atom is -0.394 e. The average molecular weight is 476 g/mol. The molecular weight excluding hydrogens is 457 g/mol. The number of hydrogen-bond acceptors (Lipinski definition) is 6. The van der Waals surface area contributed by atoms with Crippen LogP contribution in [0.3, 0.4) is 0 Å². The number of aliphatic hydroxyl groups excluding tert-OH is 2. The minimum absolute atomic E-state index is 0.0282. The topological polar surface area (TPSA) is 156 Å². The maximum absolute atomic E-state index is 13.1. The van der Waals surface area contributed by atoms with Crippen molar-refractivity contribution in [3.63, 3.8) is 0 Å². The monoisotopic (exact) mass is 475 g/mol. The number of carbonyl (C=O) groups excluding carboxylic acids is 3. The highest BCUT2D eigenvalue weighted by atomic mass is 35.5. The molecule has 0 bridgehead atoms. The Balaban J connectivity index is 1.65. The molecule has 0 aliphatic carbocycles. The number of benzene rings is 2. The van der Waals surface area contributed by atoms with Gasteiger partial charge in [-0.1, -0.05) is 11.6 Å². The fourth-order valence-corrected chi connectivity index (χ4v) is 3.00. The van der Waals surface area contributed by atoms with Crippen molar-refractivity contribution in [1.29, 1.82) is 0 Å². The number of nitrogens with zero attached hydrogens (tertiary/aromatic N) is 1. The van der Waals surface area contributed by atoms with Gasteiger partial charge >= 0.3 is 0 Å². The summed E-state index contributed by atoms with van der Waals surface area (Å²) in [7, 11) is 0. The van der Waals surface area contributed by atoms with Crippen LogP contribution in [0.1, 0.15) is 31.3 Å². The molecule has 10 nitrogen and oxygen atoms in total. The van der Waals surface area contributed by atoms with Crippen LogP contribution < -0.4 is 16.0 Å². The molecule has 3 amide bonds. The summed E-state index contributed by atoms with van der Waals surface area (Å²) >= 11 is 5.89. The van der Waals surface area contributed by atoms with Crippen LogP contribution in [0.15, 0.2) is 48.8 Å². The van der Waals surface area contributed by atoms with Gasteiger partial charge in [0.15, 0.2) is 5.69 Å². The van der Waals surface area contributed by atoms with Crippen LogP contribution in [0.4, 0.5) is 15.8 Å². The van der Waals surface area contributed by atoms with Gasteiger partial charge in [-0.05, 0) is 42.5 Å². The maximum atomic E-state index is 13.1. The summed E-state index contributed by atoms with van der Waals surface area (Å²) in [6.07, 6.45) is 1.16. The van der Waals surface area contributed by atoms with Crippen molar-refractivity contribution in [2.75, 3.05) is 23.8 Å². The lowest BCUT2D eigenvalue weighted by molar-refractivity contribution is 0.0868. The van der Waals surface area contributed by atoms with Crippen LogP contribution in [0.25, 0.3) is 0 Å². The molecular formula is C21H19ClFN5O5. The van der Waals surface area contributed by atoms with Crippen LogP contribution in [0, 0.1) is 5.82 Å². The Morgan fingerprint density at radius 3 is 2.15 bits per heavy atom.